The second-order valence-corrected chi connectivity index (χ2v) is 4.43. The number of Topliss-reactive ketones (excluding diaryl/α,β-unsaturated/α-hetero) is 1. The fraction of sp³-hybridized carbons (Fsp3) is 0.357. The van der Waals surface area contributed by atoms with E-state index in [0.717, 1.165) is 0 Å². The molecule has 0 atom stereocenters. The van der Waals surface area contributed by atoms with Crippen molar-refractivity contribution in [2.24, 2.45) is 0 Å². The van der Waals surface area contributed by atoms with E-state index in [0.29, 0.717) is 11.3 Å². The molecule has 0 saturated carbocycles. The standard InChI is InChI=1S/C14H18N2O4/c1-10(17)11-5-4-6-12(7-11)15-13(18)8-16(2)9-14(19)20-3/h4-7H,8-9H2,1-3H3,(H,15,18). The lowest BCUT2D eigenvalue weighted by Crippen LogP contribution is -2.34. The van der Waals surface area contributed by atoms with Crippen molar-refractivity contribution in [3.8, 4) is 0 Å². The normalized spacial score (nSPS) is 10.2. The van der Waals surface area contributed by atoms with Gasteiger partial charge in [0.2, 0.25) is 5.91 Å². The Bertz CT molecular complexity index is 514. The van der Waals surface area contributed by atoms with Crippen molar-refractivity contribution < 1.29 is 19.1 Å². The highest BCUT2D eigenvalue weighted by Crippen LogP contribution is 2.11. The number of amides is 1. The first kappa shape index (κ1) is 15.8. The van der Waals surface area contributed by atoms with Gasteiger partial charge in [-0.05, 0) is 26.1 Å². The molecule has 0 fully saturated rings. The van der Waals surface area contributed by atoms with Crippen molar-refractivity contribution in [1.29, 1.82) is 0 Å². The summed E-state index contributed by atoms with van der Waals surface area (Å²) in [5.41, 5.74) is 1.08. The molecule has 1 aromatic carbocycles. The molecule has 108 valence electrons. The Morgan fingerprint density at radius 2 is 1.95 bits per heavy atom. The monoisotopic (exact) mass is 278 g/mol. The number of carbonyl (C=O) groups is 3. The van der Waals surface area contributed by atoms with Gasteiger partial charge in [-0.1, -0.05) is 12.1 Å². The van der Waals surface area contributed by atoms with E-state index in [1.54, 1.807) is 31.3 Å². The molecule has 0 bridgehead atoms. The van der Waals surface area contributed by atoms with Crippen LogP contribution in [0.4, 0.5) is 5.69 Å². The van der Waals surface area contributed by atoms with Crippen LogP contribution in [0, 0.1) is 0 Å². The minimum absolute atomic E-state index is 0.0391. The van der Waals surface area contributed by atoms with E-state index in [2.05, 4.69) is 10.1 Å². The molecule has 0 unspecified atom stereocenters. The summed E-state index contributed by atoms with van der Waals surface area (Å²) < 4.78 is 4.51. The summed E-state index contributed by atoms with van der Waals surface area (Å²) in [6.07, 6.45) is 0. The van der Waals surface area contributed by atoms with Crippen molar-refractivity contribution in [3.05, 3.63) is 29.8 Å². The molecule has 6 nitrogen and oxygen atoms in total. The topological polar surface area (TPSA) is 75.7 Å². The summed E-state index contributed by atoms with van der Waals surface area (Å²) in [4.78, 5) is 35.6. The number of carbonyl (C=O) groups excluding carboxylic acids is 3. The van der Waals surface area contributed by atoms with Gasteiger partial charge in [-0.2, -0.15) is 0 Å². The summed E-state index contributed by atoms with van der Waals surface area (Å²) in [7, 11) is 2.94. The number of rotatable bonds is 6. The van der Waals surface area contributed by atoms with Gasteiger partial charge in [-0.15, -0.1) is 0 Å². The van der Waals surface area contributed by atoms with Crippen LogP contribution in [-0.2, 0) is 14.3 Å². The van der Waals surface area contributed by atoms with E-state index >= 15 is 0 Å². The summed E-state index contributed by atoms with van der Waals surface area (Å²) in [6.45, 7) is 1.56. The van der Waals surface area contributed by atoms with Crippen LogP contribution in [-0.4, -0.2) is 49.8 Å². The second-order valence-electron chi connectivity index (χ2n) is 4.43. The zero-order valence-corrected chi connectivity index (χ0v) is 11.8. The van der Waals surface area contributed by atoms with E-state index in [-0.39, 0.29) is 24.8 Å². The van der Waals surface area contributed by atoms with Gasteiger partial charge in [0.05, 0.1) is 20.2 Å². The lowest BCUT2D eigenvalue weighted by atomic mass is 10.1. The zero-order chi connectivity index (χ0) is 15.1. The summed E-state index contributed by atoms with van der Waals surface area (Å²) in [5.74, 6) is -0.736. The minimum atomic E-state index is -0.404. The third-order valence-corrected chi connectivity index (χ3v) is 2.59. The third kappa shape index (κ3) is 5.19. The molecule has 0 aromatic heterocycles. The first-order valence-electron chi connectivity index (χ1n) is 6.08. The highest BCUT2D eigenvalue weighted by atomic mass is 16.5. The Labute approximate surface area is 117 Å². The zero-order valence-electron chi connectivity index (χ0n) is 11.8. The van der Waals surface area contributed by atoms with E-state index < -0.39 is 5.97 Å². The molecule has 6 heteroatoms. The molecule has 0 saturated heterocycles. The van der Waals surface area contributed by atoms with Crippen molar-refractivity contribution in [1.82, 2.24) is 4.90 Å². The van der Waals surface area contributed by atoms with E-state index in [4.69, 9.17) is 0 Å². The number of methoxy groups -OCH3 is 1. The molecule has 1 N–H and O–H groups in total. The first-order valence-corrected chi connectivity index (χ1v) is 6.08. The van der Waals surface area contributed by atoms with Crippen LogP contribution in [0.15, 0.2) is 24.3 Å². The van der Waals surface area contributed by atoms with Crippen LogP contribution < -0.4 is 5.32 Å². The van der Waals surface area contributed by atoms with Crippen LogP contribution in [0.1, 0.15) is 17.3 Å². The molecule has 0 heterocycles. The number of ether oxygens (including phenoxy) is 1. The van der Waals surface area contributed by atoms with Crippen molar-refractivity contribution in [2.45, 2.75) is 6.92 Å². The first-order chi connectivity index (χ1) is 9.42. The average Bonchev–Trinajstić information content (AvgIpc) is 2.38. The van der Waals surface area contributed by atoms with E-state index in [1.165, 1.54) is 18.9 Å². The molecular formula is C14H18N2O4. The lowest BCUT2D eigenvalue weighted by Gasteiger charge is -2.14. The summed E-state index contributed by atoms with van der Waals surface area (Å²) in [5, 5.41) is 2.67. The molecule has 0 aliphatic heterocycles. The largest absolute Gasteiger partial charge is 0.468 e. The fourth-order valence-corrected chi connectivity index (χ4v) is 1.60. The Balaban J connectivity index is 2.56. The van der Waals surface area contributed by atoms with Gasteiger partial charge in [0.1, 0.15) is 0 Å². The van der Waals surface area contributed by atoms with Gasteiger partial charge < -0.3 is 10.1 Å². The fourth-order valence-electron chi connectivity index (χ4n) is 1.60. The lowest BCUT2D eigenvalue weighted by molar-refractivity contribution is -0.141. The maximum absolute atomic E-state index is 11.8. The Morgan fingerprint density at radius 1 is 1.25 bits per heavy atom. The smallest absolute Gasteiger partial charge is 0.319 e. The molecular weight excluding hydrogens is 260 g/mol. The number of hydrogen-bond donors (Lipinski definition) is 1. The molecule has 0 aliphatic rings. The molecule has 0 spiro atoms. The third-order valence-electron chi connectivity index (χ3n) is 2.59. The number of hydrogen-bond acceptors (Lipinski definition) is 5. The van der Waals surface area contributed by atoms with Crippen LogP contribution in [0.2, 0.25) is 0 Å². The van der Waals surface area contributed by atoms with Gasteiger partial charge in [-0.3, -0.25) is 19.3 Å². The van der Waals surface area contributed by atoms with Gasteiger partial charge in [0.15, 0.2) is 5.78 Å². The van der Waals surface area contributed by atoms with E-state index in [1.807, 2.05) is 0 Å². The number of ketones is 1. The van der Waals surface area contributed by atoms with Crippen LogP contribution in [0.25, 0.3) is 0 Å². The Hall–Kier alpha value is -2.21. The Morgan fingerprint density at radius 3 is 2.55 bits per heavy atom. The van der Waals surface area contributed by atoms with Crippen LogP contribution >= 0.6 is 0 Å². The maximum Gasteiger partial charge on any atom is 0.319 e. The SMILES string of the molecule is COC(=O)CN(C)CC(=O)Nc1cccc(C(C)=O)c1. The van der Waals surface area contributed by atoms with Gasteiger partial charge in [0, 0.05) is 11.3 Å². The van der Waals surface area contributed by atoms with Crippen molar-refractivity contribution in [3.63, 3.8) is 0 Å². The molecule has 1 aromatic rings. The predicted octanol–water partition coefficient (Wildman–Crippen LogP) is 0.932. The van der Waals surface area contributed by atoms with Crippen LogP contribution in [0.3, 0.4) is 0 Å². The van der Waals surface area contributed by atoms with Crippen LogP contribution in [0.5, 0.6) is 0 Å². The van der Waals surface area contributed by atoms with Crippen molar-refractivity contribution in [2.75, 3.05) is 32.6 Å². The number of nitrogens with one attached hydrogen (secondary N) is 1. The summed E-state index contributed by atoms with van der Waals surface area (Å²) in [6, 6.07) is 6.69. The highest BCUT2D eigenvalue weighted by molar-refractivity contribution is 5.97. The summed E-state index contributed by atoms with van der Waals surface area (Å²) >= 11 is 0. The number of anilines is 1. The second kappa shape index (κ2) is 7.40. The minimum Gasteiger partial charge on any atom is -0.468 e. The molecule has 1 amide bonds. The molecule has 1 rings (SSSR count). The van der Waals surface area contributed by atoms with Gasteiger partial charge in [0.25, 0.3) is 0 Å². The number of nitrogens with zero attached hydrogens (tertiary/aromatic N) is 1. The number of likely N-dealkylation sites (N-methyl/N-ethyl adjacent to an activating group) is 1. The highest BCUT2D eigenvalue weighted by Gasteiger charge is 2.11. The number of esters is 1. The molecule has 0 aliphatic carbocycles. The van der Waals surface area contributed by atoms with E-state index in [9.17, 15) is 14.4 Å². The molecule has 20 heavy (non-hydrogen) atoms. The predicted molar refractivity (Wildman–Crippen MR) is 74.6 cm³/mol. The van der Waals surface area contributed by atoms with Gasteiger partial charge in [-0.25, -0.2) is 0 Å². The average molecular weight is 278 g/mol. The quantitative estimate of drug-likeness (QED) is 0.619. The molecule has 0 radical (unpaired) electrons. The van der Waals surface area contributed by atoms with Crippen molar-refractivity contribution >= 4 is 23.3 Å². The maximum atomic E-state index is 11.8. The Kier molecular flexibility index (Phi) is 5.86. The van der Waals surface area contributed by atoms with Gasteiger partial charge >= 0.3 is 5.97 Å². The number of benzene rings is 1.